The SMILES string of the molecule is COc1ccc(CSC2CCN(CC=Cc3ccc(F)cc3)CC2)c(OC)c1OC. The molecule has 2 aromatic rings. The number of benzene rings is 2. The zero-order valence-electron chi connectivity index (χ0n) is 17.9. The summed E-state index contributed by atoms with van der Waals surface area (Å²) in [5, 5.41) is 0.639. The fourth-order valence-corrected chi connectivity index (χ4v) is 4.84. The summed E-state index contributed by atoms with van der Waals surface area (Å²) < 4.78 is 29.4. The number of methoxy groups -OCH3 is 3. The molecule has 4 nitrogen and oxygen atoms in total. The van der Waals surface area contributed by atoms with Gasteiger partial charge in [0.2, 0.25) is 5.75 Å². The van der Waals surface area contributed by atoms with E-state index in [0.29, 0.717) is 16.7 Å². The first-order valence-electron chi connectivity index (χ1n) is 10.2. The van der Waals surface area contributed by atoms with Crippen molar-refractivity contribution in [1.29, 1.82) is 0 Å². The van der Waals surface area contributed by atoms with E-state index in [1.807, 2.05) is 17.8 Å². The predicted molar refractivity (Wildman–Crippen MR) is 122 cm³/mol. The third-order valence-electron chi connectivity index (χ3n) is 5.34. The molecule has 0 unspecified atom stereocenters. The molecule has 6 heteroatoms. The molecule has 1 saturated heterocycles. The van der Waals surface area contributed by atoms with E-state index in [4.69, 9.17) is 14.2 Å². The van der Waals surface area contributed by atoms with E-state index in [0.717, 1.165) is 42.3 Å². The molecule has 0 radical (unpaired) electrons. The van der Waals surface area contributed by atoms with Gasteiger partial charge in [0.15, 0.2) is 11.5 Å². The second-order valence-electron chi connectivity index (χ2n) is 7.26. The molecule has 2 aromatic carbocycles. The van der Waals surface area contributed by atoms with Crippen LogP contribution in [-0.2, 0) is 5.75 Å². The molecule has 1 aliphatic heterocycles. The molecule has 0 amide bonds. The second kappa shape index (κ2) is 11.3. The van der Waals surface area contributed by atoms with Crippen molar-refractivity contribution in [3.63, 3.8) is 0 Å². The Hall–Kier alpha value is -2.18. The standard InChI is InChI=1S/C24H30FNO3S/c1-27-22-11-8-19(23(28-2)24(22)29-3)17-30-21-12-15-26(16-13-21)14-4-5-18-6-9-20(25)10-7-18/h4-11,21H,12-17H2,1-3H3. The topological polar surface area (TPSA) is 30.9 Å². The summed E-state index contributed by atoms with van der Waals surface area (Å²) in [6.07, 6.45) is 6.56. The smallest absolute Gasteiger partial charge is 0.203 e. The minimum absolute atomic E-state index is 0.197. The molecule has 0 aliphatic carbocycles. The van der Waals surface area contributed by atoms with E-state index < -0.39 is 0 Å². The predicted octanol–water partition coefficient (Wildman–Crippen LogP) is 5.26. The van der Waals surface area contributed by atoms with Crippen molar-refractivity contribution in [2.24, 2.45) is 0 Å². The van der Waals surface area contributed by atoms with Gasteiger partial charge in [-0.25, -0.2) is 4.39 Å². The van der Waals surface area contributed by atoms with Crippen LogP contribution in [0.3, 0.4) is 0 Å². The van der Waals surface area contributed by atoms with Crippen LogP contribution < -0.4 is 14.2 Å². The first-order chi connectivity index (χ1) is 14.6. The number of thioether (sulfide) groups is 1. The average molecular weight is 432 g/mol. The highest BCUT2D eigenvalue weighted by molar-refractivity contribution is 7.99. The molecule has 30 heavy (non-hydrogen) atoms. The van der Waals surface area contributed by atoms with E-state index in [-0.39, 0.29) is 5.82 Å². The number of ether oxygens (including phenoxy) is 3. The van der Waals surface area contributed by atoms with Crippen LogP contribution in [0.1, 0.15) is 24.0 Å². The zero-order chi connectivity index (χ0) is 21.3. The van der Waals surface area contributed by atoms with Crippen LogP contribution in [0.2, 0.25) is 0 Å². The largest absolute Gasteiger partial charge is 0.493 e. The third kappa shape index (κ3) is 5.92. The molecule has 0 N–H and O–H groups in total. The van der Waals surface area contributed by atoms with E-state index in [1.54, 1.807) is 33.5 Å². The Bertz CT molecular complexity index is 833. The van der Waals surface area contributed by atoms with Crippen LogP contribution in [0.4, 0.5) is 4.39 Å². The third-order valence-corrected chi connectivity index (χ3v) is 6.76. The highest BCUT2D eigenvalue weighted by Gasteiger charge is 2.21. The van der Waals surface area contributed by atoms with Gasteiger partial charge in [-0.15, -0.1) is 0 Å². The van der Waals surface area contributed by atoms with Crippen LogP contribution in [0, 0.1) is 5.82 Å². The van der Waals surface area contributed by atoms with Gasteiger partial charge >= 0.3 is 0 Å². The molecule has 162 valence electrons. The summed E-state index contributed by atoms with van der Waals surface area (Å²) in [5.74, 6) is 2.79. The highest BCUT2D eigenvalue weighted by atomic mass is 32.2. The van der Waals surface area contributed by atoms with Crippen LogP contribution in [-0.4, -0.2) is 51.1 Å². The summed E-state index contributed by atoms with van der Waals surface area (Å²) in [6.45, 7) is 3.11. The molecule has 1 heterocycles. The Morgan fingerprint density at radius 3 is 2.30 bits per heavy atom. The van der Waals surface area contributed by atoms with Crippen molar-refractivity contribution in [2.75, 3.05) is 41.0 Å². The molecule has 0 bridgehead atoms. The number of piperidine rings is 1. The van der Waals surface area contributed by atoms with Crippen molar-refractivity contribution in [2.45, 2.75) is 23.8 Å². The van der Waals surface area contributed by atoms with Crippen LogP contribution in [0.5, 0.6) is 17.2 Å². The van der Waals surface area contributed by atoms with Crippen LogP contribution in [0.25, 0.3) is 6.08 Å². The van der Waals surface area contributed by atoms with Gasteiger partial charge in [0.25, 0.3) is 0 Å². The van der Waals surface area contributed by atoms with E-state index >= 15 is 0 Å². The number of hydrogen-bond donors (Lipinski definition) is 0. The zero-order valence-corrected chi connectivity index (χ0v) is 18.7. The summed E-state index contributed by atoms with van der Waals surface area (Å²) >= 11 is 1.98. The van der Waals surface area contributed by atoms with Crippen LogP contribution in [0.15, 0.2) is 42.5 Å². The van der Waals surface area contributed by atoms with Gasteiger partial charge in [-0.05, 0) is 49.7 Å². The normalized spacial score (nSPS) is 15.5. The number of likely N-dealkylation sites (tertiary alicyclic amines) is 1. The van der Waals surface area contributed by atoms with E-state index in [1.165, 1.54) is 25.0 Å². The molecular formula is C24H30FNO3S. The molecule has 0 spiro atoms. The van der Waals surface area contributed by atoms with Crippen molar-refractivity contribution < 1.29 is 18.6 Å². The first kappa shape index (κ1) is 22.5. The summed E-state index contributed by atoms with van der Waals surface area (Å²) in [7, 11) is 4.94. The van der Waals surface area contributed by atoms with Gasteiger partial charge in [-0.3, -0.25) is 4.90 Å². The van der Waals surface area contributed by atoms with Gasteiger partial charge < -0.3 is 14.2 Å². The first-order valence-corrected chi connectivity index (χ1v) is 11.2. The van der Waals surface area contributed by atoms with Crippen molar-refractivity contribution in [3.8, 4) is 17.2 Å². The Morgan fingerprint density at radius 1 is 0.967 bits per heavy atom. The maximum absolute atomic E-state index is 13.0. The second-order valence-corrected chi connectivity index (χ2v) is 8.55. The van der Waals surface area contributed by atoms with E-state index in [9.17, 15) is 4.39 Å². The molecule has 1 fully saturated rings. The monoisotopic (exact) mass is 431 g/mol. The van der Waals surface area contributed by atoms with Crippen molar-refractivity contribution in [3.05, 3.63) is 59.4 Å². The number of nitrogens with zero attached hydrogens (tertiary/aromatic N) is 1. The Kier molecular flexibility index (Phi) is 8.46. The van der Waals surface area contributed by atoms with Gasteiger partial charge in [0.05, 0.1) is 21.3 Å². The fraction of sp³-hybridized carbons (Fsp3) is 0.417. The molecular weight excluding hydrogens is 401 g/mol. The Balaban J connectivity index is 1.46. The lowest BCUT2D eigenvalue weighted by Crippen LogP contribution is -2.34. The average Bonchev–Trinajstić information content (AvgIpc) is 2.79. The molecule has 3 rings (SSSR count). The number of halogens is 1. The quantitative estimate of drug-likeness (QED) is 0.540. The molecule has 0 saturated carbocycles. The summed E-state index contributed by atoms with van der Waals surface area (Å²) in [4.78, 5) is 2.47. The van der Waals surface area contributed by atoms with Gasteiger partial charge in [-0.2, -0.15) is 11.8 Å². The summed E-state index contributed by atoms with van der Waals surface area (Å²) in [5.41, 5.74) is 2.16. The van der Waals surface area contributed by atoms with Gasteiger partial charge in [-0.1, -0.05) is 30.4 Å². The maximum atomic E-state index is 13.0. The Morgan fingerprint density at radius 2 is 1.67 bits per heavy atom. The minimum atomic E-state index is -0.197. The number of rotatable bonds is 9. The lowest BCUT2D eigenvalue weighted by Gasteiger charge is -2.31. The lowest BCUT2D eigenvalue weighted by atomic mass is 10.1. The van der Waals surface area contributed by atoms with Crippen molar-refractivity contribution in [1.82, 2.24) is 4.90 Å². The van der Waals surface area contributed by atoms with Gasteiger partial charge in [0, 0.05) is 23.1 Å². The fourth-order valence-electron chi connectivity index (χ4n) is 3.65. The molecule has 1 aliphatic rings. The summed E-state index contributed by atoms with van der Waals surface area (Å²) in [6, 6.07) is 10.6. The molecule has 0 atom stereocenters. The van der Waals surface area contributed by atoms with Gasteiger partial charge in [0.1, 0.15) is 5.82 Å². The Labute approximate surface area is 183 Å². The lowest BCUT2D eigenvalue weighted by molar-refractivity contribution is 0.256. The minimum Gasteiger partial charge on any atom is -0.493 e. The molecule has 0 aromatic heterocycles. The van der Waals surface area contributed by atoms with Crippen molar-refractivity contribution >= 4 is 17.8 Å². The maximum Gasteiger partial charge on any atom is 0.203 e. The number of hydrogen-bond acceptors (Lipinski definition) is 5. The highest BCUT2D eigenvalue weighted by Crippen LogP contribution is 2.41. The van der Waals surface area contributed by atoms with E-state index in [2.05, 4.69) is 23.1 Å². The van der Waals surface area contributed by atoms with Crippen LogP contribution >= 0.6 is 11.8 Å².